The summed E-state index contributed by atoms with van der Waals surface area (Å²) in [5.41, 5.74) is 4.88. The number of hydrogen-bond acceptors (Lipinski definition) is 3. The Labute approximate surface area is 71.1 Å². The van der Waals surface area contributed by atoms with Gasteiger partial charge in [-0.15, -0.1) is 0 Å². The number of alkyl halides is 2. The number of carboxylic acid groups (broad SMARTS) is 2. The van der Waals surface area contributed by atoms with Crippen molar-refractivity contribution in [3.8, 4) is 0 Å². The standard InChI is InChI=1S/C6H7F2NO4/c7-6(8)1(2(6)4(10)11)3(9)5(12)13/h1-3H,9H2,(H,10,11)(H,12,13)/t1-,2-,3?/m0/s1. The molecule has 7 heteroatoms. The highest BCUT2D eigenvalue weighted by Crippen LogP contribution is 2.56. The first kappa shape index (κ1) is 9.85. The van der Waals surface area contributed by atoms with Gasteiger partial charge in [-0.25, -0.2) is 8.78 Å². The van der Waals surface area contributed by atoms with E-state index < -0.39 is 35.7 Å². The Morgan fingerprint density at radius 3 is 2.08 bits per heavy atom. The molecule has 1 fully saturated rings. The van der Waals surface area contributed by atoms with Crippen LogP contribution in [-0.4, -0.2) is 34.1 Å². The second-order valence-electron chi connectivity index (χ2n) is 2.88. The fourth-order valence-electron chi connectivity index (χ4n) is 1.27. The van der Waals surface area contributed by atoms with Crippen LogP contribution >= 0.6 is 0 Å². The minimum Gasteiger partial charge on any atom is -0.481 e. The molecule has 0 aromatic heterocycles. The van der Waals surface area contributed by atoms with Crippen LogP contribution in [0.3, 0.4) is 0 Å². The van der Waals surface area contributed by atoms with Crippen molar-refractivity contribution in [3.63, 3.8) is 0 Å². The number of carboxylic acids is 2. The molecule has 0 heterocycles. The summed E-state index contributed by atoms with van der Waals surface area (Å²) in [5, 5.41) is 16.5. The van der Waals surface area contributed by atoms with Crippen LogP contribution in [0.1, 0.15) is 0 Å². The van der Waals surface area contributed by atoms with Crippen LogP contribution in [0.25, 0.3) is 0 Å². The third-order valence-corrected chi connectivity index (χ3v) is 2.05. The molecular formula is C6H7F2NO4. The topological polar surface area (TPSA) is 101 Å². The number of halogens is 2. The highest BCUT2D eigenvalue weighted by molar-refractivity contribution is 5.81. The summed E-state index contributed by atoms with van der Waals surface area (Å²) in [6, 6.07) is -1.82. The minimum atomic E-state index is -3.50. The zero-order valence-electron chi connectivity index (χ0n) is 6.28. The lowest BCUT2D eigenvalue weighted by molar-refractivity contribution is -0.141. The second-order valence-corrected chi connectivity index (χ2v) is 2.88. The summed E-state index contributed by atoms with van der Waals surface area (Å²) in [4.78, 5) is 20.4. The van der Waals surface area contributed by atoms with E-state index in [4.69, 9.17) is 15.9 Å². The van der Waals surface area contributed by atoms with Crippen molar-refractivity contribution in [3.05, 3.63) is 0 Å². The lowest BCUT2D eigenvalue weighted by Crippen LogP contribution is -2.34. The van der Waals surface area contributed by atoms with Gasteiger partial charge >= 0.3 is 11.9 Å². The van der Waals surface area contributed by atoms with Crippen molar-refractivity contribution in [1.82, 2.24) is 0 Å². The number of rotatable bonds is 3. The Balaban J connectivity index is 2.76. The molecule has 1 rings (SSSR count). The second kappa shape index (κ2) is 2.63. The molecule has 13 heavy (non-hydrogen) atoms. The molecule has 0 radical (unpaired) electrons. The van der Waals surface area contributed by atoms with Crippen LogP contribution < -0.4 is 5.73 Å². The lowest BCUT2D eigenvalue weighted by atomic mass is 10.1. The monoisotopic (exact) mass is 195 g/mol. The van der Waals surface area contributed by atoms with Crippen molar-refractivity contribution >= 4 is 11.9 Å². The normalized spacial score (nSPS) is 32.2. The molecule has 0 aromatic carbocycles. The van der Waals surface area contributed by atoms with Gasteiger partial charge in [-0.3, -0.25) is 9.59 Å². The van der Waals surface area contributed by atoms with Crippen molar-refractivity contribution in [2.24, 2.45) is 17.6 Å². The molecule has 1 aliphatic rings. The molecular weight excluding hydrogens is 188 g/mol. The summed E-state index contributed by atoms with van der Waals surface area (Å²) in [6.45, 7) is 0. The Morgan fingerprint density at radius 1 is 1.38 bits per heavy atom. The molecule has 1 unspecified atom stereocenters. The molecule has 0 bridgehead atoms. The first-order valence-corrected chi connectivity index (χ1v) is 3.39. The van der Waals surface area contributed by atoms with Crippen LogP contribution in [0.4, 0.5) is 8.78 Å². The van der Waals surface area contributed by atoms with Crippen LogP contribution in [0.2, 0.25) is 0 Å². The highest BCUT2D eigenvalue weighted by atomic mass is 19.3. The van der Waals surface area contributed by atoms with E-state index in [1.807, 2.05) is 0 Å². The van der Waals surface area contributed by atoms with Crippen LogP contribution in [0, 0.1) is 11.8 Å². The predicted molar refractivity (Wildman–Crippen MR) is 35.2 cm³/mol. The Hall–Kier alpha value is -1.24. The fourth-order valence-corrected chi connectivity index (χ4v) is 1.27. The van der Waals surface area contributed by atoms with E-state index in [9.17, 15) is 18.4 Å². The maximum atomic E-state index is 12.6. The quantitative estimate of drug-likeness (QED) is 0.556. The van der Waals surface area contributed by atoms with Gasteiger partial charge in [0.2, 0.25) is 0 Å². The molecule has 1 saturated carbocycles. The van der Waals surface area contributed by atoms with E-state index in [1.54, 1.807) is 0 Å². The molecule has 0 saturated heterocycles. The molecule has 74 valence electrons. The molecule has 0 aromatic rings. The average molecular weight is 195 g/mol. The molecule has 5 nitrogen and oxygen atoms in total. The van der Waals surface area contributed by atoms with E-state index in [2.05, 4.69) is 0 Å². The van der Waals surface area contributed by atoms with Gasteiger partial charge < -0.3 is 15.9 Å². The van der Waals surface area contributed by atoms with E-state index >= 15 is 0 Å². The third-order valence-electron chi connectivity index (χ3n) is 2.05. The maximum Gasteiger partial charge on any atom is 0.321 e. The van der Waals surface area contributed by atoms with Gasteiger partial charge in [0.1, 0.15) is 12.0 Å². The van der Waals surface area contributed by atoms with E-state index in [0.717, 1.165) is 0 Å². The highest BCUT2D eigenvalue weighted by Gasteiger charge is 2.75. The SMILES string of the molecule is NC(C(=O)O)[C@@H]1[C@@H](C(=O)O)C1(F)F. The summed E-state index contributed by atoms with van der Waals surface area (Å²) in [5.74, 6) is -10.6. The number of nitrogens with two attached hydrogens (primary N) is 1. The number of hydrogen-bond donors (Lipinski definition) is 3. The van der Waals surface area contributed by atoms with Gasteiger partial charge in [-0.05, 0) is 0 Å². The number of carbonyl (C=O) groups is 2. The van der Waals surface area contributed by atoms with Gasteiger partial charge in [0.15, 0.2) is 0 Å². The van der Waals surface area contributed by atoms with Crippen molar-refractivity contribution < 1.29 is 28.6 Å². The van der Waals surface area contributed by atoms with Gasteiger partial charge in [0, 0.05) is 0 Å². The van der Waals surface area contributed by atoms with Crippen molar-refractivity contribution in [2.45, 2.75) is 12.0 Å². The lowest BCUT2D eigenvalue weighted by Gasteiger charge is -2.02. The van der Waals surface area contributed by atoms with E-state index in [-0.39, 0.29) is 0 Å². The van der Waals surface area contributed by atoms with Gasteiger partial charge in [0.25, 0.3) is 5.92 Å². The first-order chi connectivity index (χ1) is 5.80. The summed E-state index contributed by atoms with van der Waals surface area (Å²) in [7, 11) is 0. The Kier molecular flexibility index (Phi) is 1.99. The molecule has 1 aliphatic carbocycles. The summed E-state index contributed by atoms with van der Waals surface area (Å²) < 4.78 is 25.2. The molecule has 0 aliphatic heterocycles. The van der Waals surface area contributed by atoms with E-state index in [1.165, 1.54) is 0 Å². The smallest absolute Gasteiger partial charge is 0.321 e. The molecule has 0 amide bonds. The van der Waals surface area contributed by atoms with Gasteiger partial charge in [0.05, 0.1) is 5.92 Å². The maximum absolute atomic E-state index is 12.6. The van der Waals surface area contributed by atoms with Gasteiger partial charge in [-0.2, -0.15) is 0 Å². The zero-order valence-corrected chi connectivity index (χ0v) is 6.28. The zero-order chi connectivity index (χ0) is 10.4. The van der Waals surface area contributed by atoms with Crippen LogP contribution in [-0.2, 0) is 9.59 Å². The van der Waals surface area contributed by atoms with E-state index in [0.29, 0.717) is 0 Å². The minimum absolute atomic E-state index is 1.62. The largest absolute Gasteiger partial charge is 0.481 e. The molecule has 3 atom stereocenters. The summed E-state index contributed by atoms with van der Waals surface area (Å²) >= 11 is 0. The van der Waals surface area contributed by atoms with Crippen molar-refractivity contribution in [2.75, 3.05) is 0 Å². The predicted octanol–water partition coefficient (Wildman–Crippen LogP) is -0.636. The van der Waals surface area contributed by atoms with Crippen LogP contribution in [0.5, 0.6) is 0 Å². The van der Waals surface area contributed by atoms with Crippen molar-refractivity contribution in [1.29, 1.82) is 0 Å². The Bertz CT molecular complexity index is 267. The first-order valence-electron chi connectivity index (χ1n) is 3.39. The molecule has 4 N–H and O–H groups in total. The molecule has 0 spiro atoms. The fraction of sp³-hybridized carbons (Fsp3) is 0.667. The summed E-state index contributed by atoms with van der Waals surface area (Å²) in [6.07, 6.45) is 0. The van der Waals surface area contributed by atoms with Gasteiger partial charge in [-0.1, -0.05) is 0 Å². The third kappa shape index (κ3) is 1.35. The number of aliphatic carboxylic acids is 2. The Morgan fingerprint density at radius 2 is 1.85 bits per heavy atom. The average Bonchev–Trinajstić information content (AvgIpc) is 2.51. The van der Waals surface area contributed by atoms with Crippen LogP contribution in [0.15, 0.2) is 0 Å².